The SMILES string of the molecule is CCN1CCCC1CN(C)C(=O)NC(C)(C)C. The zero-order chi connectivity index (χ0) is 13.1. The van der Waals surface area contributed by atoms with Gasteiger partial charge in [-0.25, -0.2) is 4.79 Å². The van der Waals surface area contributed by atoms with E-state index in [1.165, 1.54) is 19.4 Å². The lowest BCUT2D eigenvalue weighted by Crippen LogP contribution is -2.50. The zero-order valence-corrected chi connectivity index (χ0v) is 11.9. The molecule has 0 aromatic rings. The highest BCUT2D eigenvalue weighted by Gasteiger charge is 2.26. The summed E-state index contributed by atoms with van der Waals surface area (Å²) in [5.41, 5.74) is -0.161. The van der Waals surface area contributed by atoms with Crippen molar-refractivity contribution in [3.63, 3.8) is 0 Å². The van der Waals surface area contributed by atoms with Gasteiger partial charge in [-0.1, -0.05) is 6.92 Å². The van der Waals surface area contributed by atoms with Gasteiger partial charge in [0.25, 0.3) is 0 Å². The van der Waals surface area contributed by atoms with Gasteiger partial charge in [0.2, 0.25) is 0 Å². The molecule has 0 bridgehead atoms. The van der Waals surface area contributed by atoms with Crippen molar-refractivity contribution in [1.29, 1.82) is 0 Å². The third-order valence-corrected chi connectivity index (χ3v) is 3.22. The number of urea groups is 1. The van der Waals surface area contributed by atoms with Gasteiger partial charge in [0, 0.05) is 25.2 Å². The van der Waals surface area contributed by atoms with Crippen molar-refractivity contribution < 1.29 is 4.79 Å². The number of rotatable bonds is 3. The minimum absolute atomic E-state index is 0.0282. The number of amides is 2. The molecule has 1 fully saturated rings. The normalized spacial score (nSPS) is 21.6. The standard InChI is InChI=1S/C13H27N3O/c1-6-16-9-7-8-11(16)10-15(5)12(17)14-13(2,3)4/h11H,6-10H2,1-5H3,(H,14,17). The molecule has 1 N–H and O–H groups in total. The van der Waals surface area contributed by atoms with Crippen molar-refractivity contribution in [3.8, 4) is 0 Å². The molecule has 2 amide bonds. The molecule has 0 aromatic carbocycles. The number of carbonyl (C=O) groups excluding carboxylic acids is 1. The largest absolute Gasteiger partial charge is 0.333 e. The summed E-state index contributed by atoms with van der Waals surface area (Å²) in [5, 5.41) is 2.99. The summed E-state index contributed by atoms with van der Waals surface area (Å²) in [6.07, 6.45) is 2.47. The van der Waals surface area contributed by atoms with E-state index in [0.29, 0.717) is 6.04 Å². The minimum Gasteiger partial charge on any atom is -0.333 e. The van der Waals surface area contributed by atoms with E-state index in [9.17, 15) is 4.79 Å². The lowest BCUT2D eigenvalue weighted by atomic mass is 10.1. The third-order valence-electron chi connectivity index (χ3n) is 3.22. The maximum Gasteiger partial charge on any atom is 0.317 e. The molecule has 1 saturated heterocycles. The van der Waals surface area contributed by atoms with E-state index < -0.39 is 0 Å². The van der Waals surface area contributed by atoms with Gasteiger partial charge in [0.1, 0.15) is 0 Å². The van der Waals surface area contributed by atoms with Crippen molar-refractivity contribution in [1.82, 2.24) is 15.1 Å². The molecular formula is C13H27N3O. The summed E-state index contributed by atoms with van der Waals surface area (Å²) in [6, 6.07) is 0.566. The molecule has 1 unspecified atom stereocenters. The molecule has 0 saturated carbocycles. The van der Waals surface area contributed by atoms with Crippen LogP contribution >= 0.6 is 0 Å². The van der Waals surface area contributed by atoms with Gasteiger partial charge in [-0.3, -0.25) is 4.90 Å². The van der Waals surface area contributed by atoms with Gasteiger partial charge in [0.15, 0.2) is 0 Å². The van der Waals surface area contributed by atoms with Crippen molar-refractivity contribution >= 4 is 6.03 Å². The van der Waals surface area contributed by atoms with Gasteiger partial charge in [-0.05, 0) is 46.7 Å². The Kier molecular flexibility index (Phi) is 4.80. The van der Waals surface area contributed by atoms with E-state index in [4.69, 9.17) is 0 Å². The fourth-order valence-corrected chi connectivity index (χ4v) is 2.33. The second kappa shape index (κ2) is 5.71. The van der Waals surface area contributed by atoms with Gasteiger partial charge in [-0.15, -0.1) is 0 Å². The van der Waals surface area contributed by atoms with E-state index >= 15 is 0 Å². The van der Waals surface area contributed by atoms with Crippen LogP contribution in [-0.4, -0.2) is 54.1 Å². The van der Waals surface area contributed by atoms with E-state index in [2.05, 4.69) is 17.1 Å². The number of carbonyl (C=O) groups is 1. The Morgan fingerprint density at radius 3 is 2.65 bits per heavy atom. The Balaban J connectivity index is 2.43. The van der Waals surface area contributed by atoms with Gasteiger partial charge >= 0.3 is 6.03 Å². The van der Waals surface area contributed by atoms with Crippen molar-refractivity contribution in [2.24, 2.45) is 0 Å². The molecule has 1 rings (SSSR count). The Morgan fingerprint density at radius 2 is 2.12 bits per heavy atom. The first-order valence-corrected chi connectivity index (χ1v) is 6.61. The smallest absolute Gasteiger partial charge is 0.317 e. The lowest BCUT2D eigenvalue weighted by Gasteiger charge is -2.30. The third kappa shape index (κ3) is 4.54. The number of likely N-dealkylation sites (N-methyl/N-ethyl adjacent to an activating group) is 2. The van der Waals surface area contributed by atoms with Crippen LogP contribution in [0.25, 0.3) is 0 Å². The zero-order valence-electron chi connectivity index (χ0n) is 11.9. The van der Waals surface area contributed by atoms with E-state index in [0.717, 1.165) is 13.1 Å². The Morgan fingerprint density at radius 1 is 1.47 bits per heavy atom. The summed E-state index contributed by atoms with van der Waals surface area (Å²) in [5.74, 6) is 0. The highest BCUT2D eigenvalue weighted by Crippen LogP contribution is 2.17. The van der Waals surface area contributed by atoms with Crippen LogP contribution in [0.3, 0.4) is 0 Å². The molecule has 1 aliphatic heterocycles. The molecule has 0 aromatic heterocycles. The van der Waals surface area contributed by atoms with Crippen molar-refractivity contribution in [2.45, 2.75) is 52.1 Å². The molecular weight excluding hydrogens is 214 g/mol. The summed E-state index contributed by atoms with van der Waals surface area (Å²) in [7, 11) is 1.88. The average molecular weight is 241 g/mol. The van der Waals surface area contributed by atoms with E-state index in [1.807, 2.05) is 32.7 Å². The van der Waals surface area contributed by atoms with Crippen LogP contribution in [0.4, 0.5) is 4.79 Å². The molecule has 17 heavy (non-hydrogen) atoms. The maximum absolute atomic E-state index is 11.9. The van der Waals surface area contributed by atoms with Crippen LogP contribution in [0.15, 0.2) is 0 Å². The molecule has 0 radical (unpaired) electrons. The number of nitrogens with one attached hydrogen (secondary N) is 1. The van der Waals surface area contributed by atoms with Gasteiger partial charge in [-0.2, -0.15) is 0 Å². The molecule has 100 valence electrons. The van der Waals surface area contributed by atoms with Crippen LogP contribution in [0.1, 0.15) is 40.5 Å². The van der Waals surface area contributed by atoms with Crippen LogP contribution < -0.4 is 5.32 Å². The fraction of sp³-hybridized carbons (Fsp3) is 0.923. The van der Waals surface area contributed by atoms with Crippen molar-refractivity contribution in [3.05, 3.63) is 0 Å². The predicted octanol–water partition coefficient (Wildman–Crippen LogP) is 1.91. The highest BCUT2D eigenvalue weighted by atomic mass is 16.2. The number of hydrogen-bond acceptors (Lipinski definition) is 2. The van der Waals surface area contributed by atoms with Crippen LogP contribution in [0.2, 0.25) is 0 Å². The molecule has 4 nitrogen and oxygen atoms in total. The highest BCUT2D eigenvalue weighted by molar-refractivity contribution is 5.74. The molecule has 1 aliphatic rings. The first kappa shape index (κ1) is 14.3. The van der Waals surface area contributed by atoms with E-state index in [-0.39, 0.29) is 11.6 Å². The summed E-state index contributed by atoms with van der Waals surface area (Å²) in [6.45, 7) is 11.3. The molecule has 0 aliphatic carbocycles. The van der Waals surface area contributed by atoms with Crippen LogP contribution in [-0.2, 0) is 0 Å². The minimum atomic E-state index is -0.161. The number of likely N-dealkylation sites (tertiary alicyclic amines) is 1. The molecule has 4 heteroatoms. The van der Waals surface area contributed by atoms with E-state index in [1.54, 1.807) is 0 Å². The summed E-state index contributed by atoms with van der Waals surface area (Å²) < 4.78 is 0. The predicted molar refractivity (Wildman–Crippen MR) is 71.2 cm³/mol. The molecule has 1 heterocycles. The monoisotopic (exact) mass is 241 g/mol. The number of hydrogen-bond donors (Lipinski definition) is 1. The van der Waals surface area contributed by atoms with Crippen LogP contribution in [0.5, 0.6) is 0 Å². The Hall–Kier alpha value is -0.770. The topological polar surface area (TPSA) is 35.6 Å². The van der Waals surface area contributed by atoms with Crippen molar-refractivity contribution in [2.75, 3.05) is 26.7 Å². The second-order valence-corrected chi connectivity index (χ2v) is 5.99. The second-order valence-electron chi connectivity index (χ2n) is 5.99. The van der Waals surface area contributed by atoms with Gasteiger partial charge in [0.05, 0.1) is 0 Å². The molecule has 1 atom stereocenters. The summed E-state index contributed by atoms with van der Waals surface area (Å²) in [4.78, 5) is 16.2. The molecule has 0 spiro atoms. The van der Waals surface area contributed by atoms with Gasteiger partial charge < -0.3 is 10.2 Å². The average Bonchev–Trinajstić information content (AvgIpc) is 2.62. The summed E-state index contributed by atoms with van der Waals surface area (Å²) >= 11 is 0. The Labute approximate surface area is 105 Å². The maximum atomic E-state index is 11.9. The quantitative estimate of drug-likeness (QED) is 0.819. The lowest BCUT2D eigenvalue weighted by molar-refractivity contribution is 0.175. The Bertz CT molecular complexity index is 260. The first-order valence-electron chi connectivity index (χ1n) is 6.61. The van der Waals surface area contributed by atoms with Crippen LogP contribution in [0, 0.1) is 0 Å². The number of nitrogens with zero attached hydrogens (tertiary/aromatic N) is 2. The first-order chi connectivity index (χ1) is 7.83. The fourth-order valence-electron chi connectivity index (χ4n) is 2.33.